The minimum absolute atomic E-state index is 0.0469. The second-order valence-corrected chi connectivity index (χ2v) is 20.3. The molecule has 1 aliphatic rings. The van der Waals surface area contributed by atoms with Gasteiger partial charge in [0.2, 0.25) is 0 Å². The zero-order chi connectivity index (χ0) is 20.6. The maximum atomic E-state index is 6.76. The number of hydrogen-bond acceptors (Lipinski definition) is 2. The Morgan fingerprint density at radius 1 is 0.923 bits per heavy atom. The van der Waals surface area contributed by atoms with Crippen LogP contribution in [-0.2, 0) is 8.85 Å². The summed E-state index contributed by atoms with van der Waals surface area (Å²) in [4.78, 5) is 0. The Kier molecular flexibility index (Phi) is 7.18. The van der Waals surface area contributed by atoms with Crippen molar-refractivity contribution in [1.29, 1.82) is 0 Å². The molecule has 1 saturated carbocycles. The van der Waals surface area contributed by atoms with Crippen molar-refractivity contribution in [3.63, 3.8) is 0 Å². The molecule has 2 nitrogen and oxygen atoms in total. The average Bonchev–Trinajstić information content (AvgIpc) is 2.40. The van der Waals surface area contributed by atoms with E-state index in [1.807, 2.05) is 6.08 Å². The molecule has 1 rings (SSSR count). The highest BCUT2D eigenvalue weighted by Gasteiger charge is 2.44. The molecule has 0 N–H and O–H groups in total. The molecule has 0 aromatic heterocycles. The lowest BCUT2D eigenvalue weighted by molar-refractivity contribution is 0.0970. The third-order valence-electron chi connectivity index (χ3n) is 6.56. The Morgan fingerprint density at radius 2 is 1.38 bits per heavy atom. The smallest absolute Gasteiger partial charge is 0.192 e. The molecule has 2 atom stereocenters. The first-order chi connectivity index (χ1) is 11.5. The number of allylic oxidation sites excluding steroid dienone is 2. The fourth-order valence-corrected chi connectivity index (χ4v) is 5.37. The molecule has 0 saturated heterocycles. The van der Waals surface area contributed by atoms with Gasteiger partial charge >= 0.3 is 0 Å². The van der Waals surface area contributed by atoms with E-state index in [2.05, 4.69) is 87.0 Å². The van der Waals surface area contributed by atoms with E-state index in [0.717, 1.165) is 18.4 Å². The van der Waals surface area contributed by atoms with E-state index in [-0.39, 0.29) is 22.3 Å². The topological polar surface area (TPSA) is 18.5 Å². The van der Waals surface area contributed by atoms with Crippen LogP contribution in [0.1, 0.15) is 54.4 Å². The summed E-state index contributed by atoms with van der Waals surface area (Å²) in [7, 11) is -3.69. The molecule has 0 spiro atoms. The third-order valence-corrected chi connectivity index (χ3v) is 15.6. The highest BCUT2D eigenvalue weighted by molar-refractivity contribution is 6.74. The normalized spacial score (nSPS) is 24.8. The van der Waals surface area contributed by atoms with E-state index in [9.17, 15) is 0 Å². The molecule has 1 fully saturated rings. The van der Waals surface area contributed by atoms with Crippen LogP contribution >= 0.6 is 0 Å². The van der Waals surface area contributed by atoms with Crippen LogP contribution < -0.4 is 0 Å². The van der Waals surface area contributed by atoms with E-state index in [4.69, 9.17) is 8.85 Å². The van der Waals surface area contributed by atoms with Crippen LogP contribution in [0.25, 0.3) is 0 Å². The van der Waals surface area contributed by atoms with Crippen molar-refractivity contribution in [1.82, 2.24) is 0 Å². The molecule has 0 heterocycles. The van der Waals surface area contributed by atoms with Gasteiger partial charge in [0.25, 0.3) is 0 Å². The van der Waals surface area contributed by atoms with E-state index in [0.29, 0.717) is 0 Å². The fourth-order valence-electron chi connectivity index (χ4n) is 2.70. The molecule has 0 aromatic carbocycles. The Labute approximate surface area is 165 Å². The van der Waals surface area contributed by atoms with Gasteiger partial charge in [-0.25, -0.2) is 0 Å². The molecule has 26 heavy (non-hydrogen) atoms. The van der Waals surface area contributed by atoms with Crippen molar-refractivity contribution in [3.8, 4) is 0 Å². The van der Waals surface area contributed by atoms with Crippen LogP contribution in [0, 0.1) is 0 Å². The Hall–Kier alpha value is -0.426. The van der Waals surface area contributed by atoms with Crippen LogP contribution in [0.15, 0.2) is 36.5 Å². The van der Waals surface area contributed by atoms with E-state index in [1.165, 1.54) is 5.57 Å². The molecule has 4 heteroatoms. The highest BCUT2D eigenvalue weighted by atomic mass is 28.4. The average molecular weight is 395 g/mol. The van der Waals surface area contributed by atoms with E-state index >= 15 is 0 Å². The van der Waals surface area contributed by atoms with Gasteiger partial charge < -0.3 is 8.85 Å². The molecule has 150 valence electrons. The molecule has 0 bridgehead atoms. The van der Waals surface area contributed by atoms with Gasteiger partial charge in [-0.1, -0.05) is 66.9 Å². The van der Waals surface area contributed by atoms with Crippen molar-refractivity contribution < 1.29 is 8.85 Å². The van der Waals surface area contributed by atoms with Crippen LogP contribution in [0.3, 0.4) is 0 Å². The molecule has 1 aliphatic carbocycles. The summed E-state index contributed by atoms with van der Waals surface area (Å²) in [5.74, 6) is 0. The van der Waals surface area contributed by atoms with Crippen LogP contribution in [0.5, 0.6) is 0 Å². The molecule has 0 aliphatic heterocycles. The molecule has 0 amide bonds. The van der Waals surface area contributed by atoms with Crippen LogP contribution in [-0.4, -0.2) is 28.8 Å². The van der Waals surface area contributed by atoms with Crippen LogP contribution in [0.4, 0.5) is 0 Å². The first-order valence-corrected chi connectivity index (χ1v) is 15.7. The summed E-state index contributed by atoms with van der Waals surface area (Å²) in [6, 6.07) is 0. The standard InChI is InChI=1S/C22H42O2Si2/c1-13-14-18-15-19(23-25(9,10)21(3,4)5)16-20(17(18)2)24-26(11,12)22(6,7)8/h13-14,19-20H,1-2,15-16H2,3-12H3. The van der Waals surface area contributed by atoms with Gasteiger partial charge in [-0.2, -0.15) is 0 Å². The molecular weight excluding hydrogens is 352 g/mol. The second-order valence-electron chi connectivity index (χ2n) is 10.8. The van der Waals surface area contributed by atoms with E-state index in [1.54, 1.807) is 0 Å². The summed E-state index contributed by atoms with van der Waals surface area (Å²) in [5.41, 5.74) is 2.35. The zero-order valence-electron chi connectivity index (χ0n) is 19.0. The molecule has 0 aromatic rings. The van der Waals surface area contributed by atoms with Crippen LogP contribution in [0.2, 0.25) is 36.3 Å². The summed E-state index contributed by atoms with van der Waals surface area (Å²) in [6.45, 7) is 31.3. The zero-order valence-corrected chi connectivity index (χ0v) is 21.0. The van der Waals surface area contributed by atoms with Gasteiger partial charge in [0.05, 0.1) is 12.2 Å². The maximum absolute atomic E-state index is 6.76. The summed E-state index contributed by atoms with van der Waals surface area (Å²) in [6.07, 6.45) is 6.01. The fraction of sp³-hybridized carbons (Fsp3) is 0.727. The largest absolute Gasteiger partial charge is 0.413 e. The lowest BCUT2D eigenvalue weighted by Gasteiger charge is -2.45. The highest BCUT2D eigenvalue weighted by Crippen LogP contribution is 2.43. The van der Waals surface area contributed by atoms with Crippen molar-refractivity contribution in [2.75, 3.05) is 0 Å². The Morgan fingerprint density at radius 3 is 1.81 bits per heavy atom. The minimum atomic E-state index is -1.87. The van der Waals surface area contributed by atoms with Gasteiger partial charge in [-0.05, 0) is 53.8 Å². The maximum Gasteiger partial charge on any atom is 0.192 e. The Bertz CT molecular complexity index is 560. The van der Waals surface area contributed by atoms with Crippen molar-refractivity contribution in [2.24, 2.45) is 0 Å². The third kappa shape index (κ3) is 5.54. The van der Waals surface area contributed by atoms with Gasteiger partial charge in [0.1, 0.15) is 0 Å². The van der Waals surface area contributed by atoms with Gasteiger partial charge in [-0.3, -0.25) is 0 Å². The molecule has 0 radical (unpaired) electrons. The summed E-state index contributed by atoms with van der Waals surface area (Å²) < 4.78 is 13.5. The van der Waals surface area contributed by atoms with E-state index < -0.39 is 16.6 Å². The second kappa shape index (κ2) is 7.90. The quantitative estimate of drug-likeness (QED) is 0.458. The predicted molar refractivity (Wildman–Crippen MR) is 121 cm³/mol. The lowest BCUT2D eigenvalue weighted by Crippen LogP contribution is -2.49. The molecule has 2 unspecified atom stereocenters. The van der Waals surface area contributed by atoms with Crippen molar-refractivity contribution in [3.05, 3.63) is 36.5 Å². The lowest BCUT2D eigenvalue weighted by atomic mass is 9.86. The summed E-state index contributed by atoms with van der Waals surface area (Å²) >= 11 is 0. The number of rotatable bonds is 5. The summed E-state index contributed by atoms with van der Waals surface area (Å²) in [5, 5.41) is 0.391. The minimum Gasteiger partial charge on any atom is -0.413 e. The first-order valence-electron chi connectivity index (χ1n) is 9.88. The van der Waals surface area contributed by atoms with Gasteiger partial charge in [0.15, 0.2) is 16.6 Å². The SMILES string of the molecule is C=CC=C1CC(O[Si](C)(C)C(C)(C)C)CC(O[Si](C)(C)C(C)(C)C)C1=C. The van der Waals surface area contributed by atoms with Crippen molar-refractivity contribution >= 4 is 16.6 Å². The van der Waals surface area contributed by atoms with Gasteiger partial charge in [-0.15, -0.1) is 0 Å². The Balaban J connectivity index is 3.10. The van der Waals surface area contributed by atoms with Gasteiger partial charge in [0, 0.05) is 6.42 Å². The predicted octanol–water partition coefficient (Wildman–Crippen LogP) is 7.23. The van der Waals surface area contributed by atoms with Crippen molar-refractivity contribution in [2.45, 2.75) is 103 Å². The number of hydrogen-bond donors (Lipinski definition) is 0. The monoisotopic (exact) mass is 394 g/mol. The molecular formula is C22H42O2Si2. The first kappa shape index (κ1) is 23.6.